The monoisotopic (exact) mass is 253 g/mol. The van der Waals surface area contributed by atoms with Crippen molar-refractivity contribution in [3.63, 3.8) is 0 Å². The average molecular weight is 253 g/mol. The van der Waals surface area contributed by atoms with Gasteiger partial charge in [-0.2, -0.15) is 0 Å². The zero-order valence-electron chi connectivity index (χ0n) is 10.2. The van der Waals surface area contributed by atoms with E-state index in [-0.39, 0.29) is 5.56 Å². The Hall–Kier alpha value is -2.69. The number of carboxylic acid groups (broad SMARTS) is 1. The second-order valence-electron chi connectivity index (χ2n) is 4.17. The maximum absolute atomic E-state index is 11.0. The highest BCUT2D eigenvalue weighted by atomic mass is 16.4. The zero-order valence-corrected chi connectivity index (χ0v) is 10.2. The molecule has 3 aromatic rings. The molecule has 19 heavy (non-hydrogen) atoms. The Labute approximate surface area is 108 Å². The van der Waals surface area contributed by atoms with Crippen molar-refractivity contribution in [2.75, 3.05) is 12.4 Å². The van der Waals surface area contributed by atoms with Crippen molar-refractivity contribution < 1.29 is 9.90 Å². The predicted octanol–water partition coefficient (Wildman–Crippen LogP) is 2.52. The van der Waals surface area contributed by atoms with Crippen LogP contribution in [0.3, 0.4) is 0 Å². The Kier molecular flexibility index (Phi) is 2.52. The second-order valence-corrected chi connectivity index (χ2v) is 4.17. The molecule has 0 spiro atoms. The van der Waals surface area contributed by atoms with Gasteiger partial charge in [-0.1, -0.05) is 6.07 Å². The van der Waals surface area contributed by atoms with Crippen molar-refractivity contribution in [3.05, 3.63) is 42.2 Å². The lowest BCUT2D eigenvalue weighted by Gasteiger charge is -2.08. The number of anilines is 1. The summed E-state index contributed by atoms with van der Waals surface area (Å²) in [4.78, 5) is 19.6. The van der Waals surface area contributed by atoms with E-state index < -0.39 is 5.97 Å². The van der Waals surface area contributed by atoms with Crippen LogP contribution in [0.15, 0.2) is 36.7 Å². The van der Waals surface area contributed by atoms with Gasteiger partial charge in [-0.25, -0.2) is 9.78 Å². The van der Waals surface area contributed by atoms with E-state index in [1.54, 1.807) is 37.6 Å². The van der Waals surface area contributed by atoms with Crippen LogP contribution in [0.4, 0.5) is 5.82 Å². The van der Waals surface area contributed by atoms with E-state index >= 15 is 0 Å². The van der Waals surface area contributed by atoms with Gasteiger partial charge in [0.05, 0.1) is 11.1 Å². The first kappa shape index (κ1) is 11.4. The number of aromatic carboxylic acids is 1. The number of carbonyl (C=O) groups is 1. The predicted molar refractivity (Wildman–Crippen MR) is 73.6 cm³/mol. The van der Waals surface area contributed by atoms with Crippen molar-refractivity contribution in [1.29, 1.82) is 0 Å². The number of benzene rings is 1. The fourth-order valence-corrected chi connectivity index (χ4v) is 2.17. The number of aromatic nitrogens is 2. The summed E-state index contributed by atoms with van der Waals surface area (Å²) in [6.07, 6.45) is 3.48. The van der Waals surface area contributed by atoms with Gasteiger partial charge < -0.3 is 10.4 Å². The molecule has 5 heteroatoms. The van der Waals surface area contributed by atoms with Crippen LogP contribution in [0, 0.1) is 0 Å². The quantitative estimate of drug-likeness (QED) is 0.686. The van der Waals surface area contributed by atoms with Crippen LogP contribution in [0.5, 0.6) is 0 Å². The second kappa shape index (κ2) is 4.20. The van der Waals surface area contributed by atoms with Gasteiger partial charge in [-0.15, -0.1) is 0 Å². The third-order valence-electron chi connectivity index (χ3n) is 3.08. The number of hydrogen-bond acceptors (Lipinski definition) is 4. The Morgan fingerprint density at radius 3 is 2.79 bits per heavy atom. The Bertz CT molecular complexity index is 799. The fourth-order valence-electron chi connectivity index (χ4n) is 2.17. The number of rotatable bonds is 2. The lowest BCUT2D eigenvalue weighted by atomic mass is 10.1. The number of hydrogen-bond donors (Lipinski definition) is 2. The molecule has 3 rings (SSSR count). The van der Waals surface area contributed by atoms with Crippen LogP contribution in [-0.2, 0) is 0 Å². The number of pyridine rings is 2. The minimum absolute atomic E-state index is 0.227. The molecule has 0 unspecified atom stereocenters. The van der Waals surface area contributed by atoms with E-state index in [0.717, 1.165) is 16.2 Å². The average Bonchev–Trinajstić information content (AvgIpc) is 2.45. The number of nitrogens with zero attached hydrogens (tertiary/aromatic N) is 2. The molecule has 0 aliphatic heterocycles. The van der Waals surface area contributed by atoms with Gasteiger partial charge >= 0.3 is 5.97 Å². The van der Waals surface area contributed by atoms with Crippen molar-refractivity contribution in [1.82, 2.24) is 9.97 Å². The molecule has 0 aliphatic rings. The highest BCUT2D eigenvalue weighted by molar-refractivity contribution is 6.10. The molecule has 0 amide bonds. The molecule has 0 atom stereocenters. The normalized spacial score (nSPS) is 10.8. The molecule has 0 aliphatic carbocycles. The lowest BCUT2D eigenvalue weighted by molar-refractivity contribution is 0.0697. The molecule has 2 aromatic heterocycles. The SMILES string of the molecule is CNc1nc2cc(C(=O)O)ccc2c2cnccc12. The smallest absolute Gasteiger partial charge is 0.335 e. The molecule has 0 saturated carbocycles. The Balaban J connectivity index is 2.44. The van der Waals surface area contributed by atoms with E-state index in [4.69, 9.17) is 5.11 Å². The molecule has 1 aromatic carbocycles. The minimum Gasteiger partial charge on any atom is -0.478 e. The molecular formula is C14H11N3O2. The third kappa shape index (κ3) is 1.76. The summed E-state index contributed by atoms with van der Waals surface area (Å²) in [7, 11) is 1.79. The van der Waals surface area contributed by atoms with Crippen LogP contribution in [-0.4, -0.2) is 28.1 Å². The molecule has 5 nitrogen and oxygen atoms in total. The van der Waals surface area contributed by atoms with E-state index in [9.17, 15) is 4.79 Å². The first-order valence-corrected chi connectivity index (χ1v) is 5.79. The standard InChI is InChI=1S/C14H11N3O2/c1-15-13-10-4-5-16-7-11(10)9-3-2-8(14(18)19)6-12(9)17-13/h2-7H,1H3,(H,15,17)(H,18,19). The van der Waals surface area contributed by atoms with E-state index in [1.165, 1.54) is 0 Å². The van der Waals surface area contributed by atoms with Crippen LogP contribution >= 0.6 is 0 Å². The lowest BCUT2D eigenvalue weighted by Crippen LogP contribution is -1.99. The third-order valence-corrected chi connectivity index (χ3v) is 3.08. The minimum atomic E-state index is -0.957. The van der Waals surface area contributed by atoms with E-state index in [2.05, 4.69) is 15.3 Å². The van der Waals surface area contributed by atoms with Crippen molar-refractivity contribution in [2.24, 2.45) is 0 Å². The summed E-state index contributed by atoms with van der Waals surface area (Å²) >= 11 is 0. The van der Waals surface area contributed by atoms with Crippen LogP contribution < -0.4 is 5.32 Å². The molecule has 0 fully saturated rings. The van der Waals surface area contributed by atoms with Crippen molar-refractivity contribution in [3.8, 4) is 0 Å². The molecule has 0 saturated heterocycles. The first-order valence-electron chi connectivity index (χ1n) is 5.79. The van der Waals surface area contributed by atoms with Crippen LogP contribution in [0.2, 0.25) is 0 Å². The molecular weight excluding hydrogens is 242 g/mol. The van der Waals surface area contributed by atoms with Gasteiger partial charge in [0, 0.05) is 35.6 Å². The van der Waals surface area contributed by atoms with Gasteiger partial charge in [-0.3, -0.25) is 4.98 Å². The van der Waals surface area contributed by atoms with Gasteiger partial charge in [0.2, 0.25) is 0 Å². The number of carboxylic acids is 1. The number of nitrogens with one attached hydrogen (secondary N) is 1. The summed E-state index contributed by atoms with van der Waals surface area (Å²) in [5, 5.41) is 14.9. The Morgan fingerprint density at radius 2 is 2.05 bits per heavy atom. The summed E-state index contributed by atoms with van der Waals surface area (Å²) < 4.78 is 0. The van der Waals surface area contributed by atoms with Crippen molar-refractivity contribution >= 4 is 33.5 Å². The highest BCUT2D eigenvalue weighted by Gasteiger charge is 2.10. The molecule has 2 N–H and O–H groups in total. The first-order chi connectivity index (χ1) is 9.20. The van der Waals surface area contributed by atoms with E-state index in [0.29, 0.717) is 11.3 Å². The molecule has 94 valence electrons. The molecule has 0 bridgehead atoms. The van der Waals surface area contributed by atoms with Gasteiger partial charge in [0.1, 0.15) is 5.82 Å². The molecule has 2 heterocycles. The van der Waals surface area contributed by atoms with Gasteiger partial charge in [-0.05, 0) is 18.2 Å². The Morgan fingerprint density at radius 1 is 1.21 bits per heavy atom. The summed E-state index contributed by atoms with van der Waals surface area (Å²) in [5.74, 6) is -0.242. The topological polar surface area (TPSA) is 75.1 Å². The summed E-state index contributed by atoms with van der Waals surface area (Å²) in [5.41, 5.74) is 0.870. The fraction of sp³-hybridized carbons (Fsp3) is 0.0714. The summed E-state index contributed by atoms with van der Waals surface area (Å²) in [6, 6.07) is 6.82. The largest absolute Gasteiger partial charge is 0.478 e. The van der Waals surface area contributed by atoms with Crippen LogP contribution in [0.25, 0.3) is 21.7 Å². The van der Waals surface area contributed by atoms with Gasteiger partial charge in [0.15, 0.2) is 0 Å². The maximum atomic E-state index is 11.0. The summed E-state index contributed by atoms with van der Waals surface area (Å²) in [6.45, 7) is 0. The molecule has 0 radical (unpaired) electrons. The van der Waals surface area contributed by atoms with Crippen LogP contribution in [0.1, 0.15) is 10.4 Å². The van der Waals surface area contributed by atoms with E-state index in [1.807, 2.05) is 6.07 Å². The van der Waals surface area contributed by atoms with Gasteiger partial charge in [0.25, 0.3) is 0 Å². The zero-order chi connectivity index (χ0) is 13.4. The highest BCUT2D eigenvalue weighted by Crippen LogP contribution is 2.28. The van der Waals surface area contributed by atoms with Crippen molar-refractivity contribution in [2.45, 2.75) is 0 Å². The number of fused-ring (bicyclic) bond motifs is 3. The maximum Gasteiger partial charge on any atom is 0.335 e.